The van der Waals surface area contributed by atoms with Crippen molar-refractivity contribution in [2.24, 2.45) is 0 Å². The first-order valence-electron chi connectivity index (χ1n) is 10.1. The first-order chi connectivity index (χ1) is 12.0. The molecule has 1 saturated carbocycles. The maximum absolute atomic E-state index is 11.1. The highest BCUT2D eigenvalue weighted by atomic mass is 28.4. The average Bonchev–Trinajstić information content (AvgIpc) is 2.50. The predicted octanol–water partition coefficient (Wildman–Crippen LogP) is 6.43. The van der Waals surface area contributed by atoms with Gasteiger partial charge >= 0.3 is 5.97 Å². The maximum Gasteiger partial charge on any atom is 0.335 e. The van der Waals surface area contributed by atoms with E-state index in [1.54, 1.807) is 12.1 Å². The molecule has 0 aromatic heterocycles. The molecule has 0 amide bonds. The van der Waals surface area contributed by atoms with Crippen molar-refractivity contribution in [2.75, 3.05) is 0 Å². The molecule has 0 radical (unpaired) electrons. The summed E-state index contributed by atoms with van der Waals surface area (Å²) in [7, 11) is -1.88. The third-order valence-electron chi connectivity index (χ3n) is 6.27. The van der Waals surface area contributed by atoms with E-state index in [1.165, 1.54) is 37.7 Å². The second kappa shape index (κ2) is 8.26. The molecule has 1 fully saturated rings. The molecule has 3 nitrogen and oxygen atoms in total. The number of hydrogen-bond acceptors (Lipinski definition) is 2. The largest absolute Gasteiger partial charge is 0.478 e. The van der Waals surface area contributed by atoms with Crippen LogP contribution < -0.4 is 0 Å². The van der Waals surface area contributed by atoms with Crippen LogP contribution in [0.2, 0.25) is 18.1 Å². The number of hydrogen-bond donors (Lipinski definition) is 1. The molecular weight excluding hydrogens is 340 g/mol. The van der Waals surface area contributed by atoms with E-state index in [-0.39, 0.29) is 10.6 Å². The van der Waals surface area contributed by atoms with E-state index >= 15 is 0 Å². The maximum atomic E-state index is 11.1. The molecule has 1 aromatic rings. The van der Waals surface area contributed by atoms with Crippen LogP contribution in [0.15, 0.2) is 24.3 Å². The van der Waals surface area contributed by atoms with E-state index in [2.05, 4.69) is 33.9 Å². The van der Waals surface area contributed by atoms with E-state index in [0.29, 0.717) is 5.56 Å². The molecule has 146 valence electrons. The van der Waals surface area contributed by atoms with Gasteiger partial charge in [0, 0.05) is 6.42 Å². The van der Waals surface area contributed by atoms with E-state index in [0.717, 1.165) is 19.3 Å². The number of carbonyl (C=O) groups is 1. The molecule has 0 bridgehead atoms. The van der Waals surface area contributed by atoms with E-state index < -0.39 is 14.3 Å². The first kappa shape index (κ1) is 21.2. The first-order valence-corrected chi connectivity index (χ1v) is 13.0. The predicted molar refractivity (Wildman–Crippen MR) is 110 cm³/mol. The fourth-order valence-electron chi connectivity index (χ4n) is 3.70. The van der Waals surface area contributed by atoms with Crippen LogP contribution in [0, 0.1) is 0 Å². The zero-order valence-corrected chi connectivity index (χ0v) is 18.2. The lowest BCUT2D eigenvalue weighted by atomic mass is 9.82. The average molecular weight is 377 g/mol. The van der Waals surface area contributed by atoms with Crippen LogP contribution in [0.25, 0.3) is 0 Å². The van der Waals surface area contributed by atoms with Crippen LogP contribution in [0.5, 0.6) is 0 Å². The van der Waals surface area contributed by atoms with Gasteiger partial charge in [-0.2, -0.15) is 0 Å². The highest BCUT2D eigenvalue weighted by Gasteiger charge is 2.44. The zero-order valence-electron chi connectivity index (χ0n) is 17.2. The summed E-state index contributed by atoms with van der Waals surface area (Å²) >= 11 is 0. The van der Waals surface area contributed by atoms with E-state index in [9.17, 15) is 4.79 Å². The SMILES string of the molecule is CC(C)(C)[Si](C)(C)OC1(Cc2ccc(C(=O)O)cc2)CCCCCCC1. The Balaban J connectivity index is 2.28. The number of carboxylic acids is 1. The lowest BCUT2D eigenvalue weighted by Crippen LogP contribution is -2.51. The Morgan fingerprint density at radius 1 is 1.04 bits per heavy atom. The van der Waals surface area contributed by atoms with Crippen molar-refractivity contribution in [3.05, 3.63) is 35.4 Å². The number of carboxylic acid groups (broad SMARTS) is 1. The van der Waals surface area contributed by atoms with Crippen molar-refractivity contribution in [3.8, 4) is 0 Å². The molecule has 0 spiro atoms. The number of aromatic carboxylic acids is 1. The Bertz CT molecular complexity index is 591. The number of benzene rings is 1. The van der Waals surface area contributed by atoms with Gasteiger partial charge in [-0.1, -0.05) is 65.0 Å². The Morgan fingerprint density at radius 2 is 1.54 bits per heavy atom. The van der Waals surface area contributed by atoms with Gasteiger partial charge < -0.3 is 9.53 Å². The summed E-state index contributed by atoms with van der Waals surface area (Å²) in [5.41, 5.74) is 1.44. The zero-order chi connectivity index (χ0) is 19.4. The van der Waals surface area contributed by atoms with Crippen LogP contribution in [-0.4, -0.2) is 25.0 Å². The molecule has 1 aliphatic carbocycles. The standard InChI is InChI=1S/C22H36O3Si/c1-21(2,3)26(4,5)25-22(15-9-7-6-8-10-16-22)17-18-11-13-19(14-12-18)20(23)24/h11-14H,6-10,15-17H2,1-5H3,(H,23,24). The van der Waals surface area contributed by atoms with Crippen molar-refractivity contribution in [2.45, 2.75) is 95.9 Å². The second-order valence-electron chi connectivity index (χ2n) is 9.49. The van der Waals surface area contributed by atoms with Crippen molar-refractivity contribution >= 4 is 14.3 Å². The van der Waals surface area contributed by atoms with Crippen LogP contribution >= 0.6 is 0 Å². The van der Waals surface area contributed by atoms with Crippen molar-refractivity contribution in [1.82, 2.24) is 0 Å². The molecule has 26 heavy (non-hydrogen) atoms. The summed E-state index contributed by atoms with van der Waals surface area (Å²) < 4.78 is 7.07. The van der Waals surface area contributed by atoms with Crippen LogP contribution in [-0.2, 0) is 10.8 Å². The molecule has 0 aliphatic heterocycles. The van der Waals surface area contributed by atoms with Gasteiger partial charge in [-0.15, -0.1) is 0 Å². The molecule has 4 heteroatoms. The molecule has 0 unspecified atom stereocenters. The topological polar surface area (TPSA) is 46.5 Å². The Morgan fingerprint density at radius 3 is 2.00 bits per heavy atom. The van der Waals surface area contributed by atoms with Gasteiger partial charge in [-0.3, -0.25) is 0 Å². The summed E-state index contributed by atoms with van der Waals surface area (Å²) in [6, 6.07) is 7.39. The summed E-state index contributed by atoms with van der Waals surface area (Å²) in [5, 5.41) is 9.33. The normalized spacial score (nSPS) is 18.8. The van der Waals surface area contributed by atoms with Gasteiger partial charge in [0.25, 0.3) is 0 Å². The third-order valence-corrected chi connectivity index (χ3v) is 10.8. The Kier molecular flexibility index (Phi) is 6.73. The number of rotatable bonds is 5. The van der Waals surface area contributed by atoms with Crippen molar-refractivity contribution in [1.29, 1.82) is 0 Å². The van der Waals surface area contributed by atoms with Gasteiger partial charge in [0.15, 0.2) is 8.32 Å². The lowest BCUT2D eigenvalue weighted by Gasteiger charge is -2.47. The Hall–Kier alpha value is -1.13. The summed E-state index contributed by atoms with van der Waals surface area (Å²) in [6.45, 7) is 11.6. The van der Waals surface area contributed by atoms with Gasteiger partial charge in [0.2, 0.25) is 0 Å². The molecule has 0 atom stereocenters. The summed E-state index contributed by atoms with van der Waals surface area (Å²) in [6.07, 6.45) is 9.48. The second-order valence-corrected chi connectivity index (χ2v) is 14.2. The molecule has 0 saturated heterocycles. The highest BCUT2D eigenvalue weighted by molar-refractivity contribution is 6.74. The van der Waals surface area contributed by atoms with Crippen molar-refractivity contribution in [3.63, 3.8) is 0 Å². The molecule has 1 N–H and O–H groups in total. The summed E-state index contributed by atoms with van der Waals surface area (Å²) in [5.74, 6) is -0.866. The van der Waals surface area contributed by atoms with Gasteiger partial charge in [0.05, 0.1) is 11.2 Å². The fourth-order valence-corrected chi connectivity index (χ4v) is 5.36. The molecule has 1 aliphatic rings. The Labute approximate surface area is 160 Å². The fraction of sp³-hybridized carbons (Fsp3) is 0.682. The van der Waals surface area contributed by atoms with Gasteiger partial charge in [-0.25, -0.2) is 4.79 Å². The van der Waals surface area contributed by atoms with Gasteiger partial charge in [0.1, 0.15) is 0 Å². The molecular formula is C22H36O3Si. The smallest absolute Gasteiger partial charge is 0.335 e. The third kappa shape index (κ3) is 5.43. The minimum Gasteiger partial charge on any atom is -0.478 e. The minimum atomic E-state index is -1.88. The molecule has 1 aromatic carbocycles. The van der Waals surface area contributed by atoms with E-state index in [4.69, 9.17) is 9.53 Å². The summed E-state index contributed by atoms with van der Waals surface area (Å²) in [4.78, 5) is 11.1. The van der Waals surface area contributed by atoms with Crippen molar-refractivity contribution < 1.29 is 14.3 Å². The monoisotopic (exact) mass is 376 g/mol. The lowest BCUT2D eigenvalue weighted by molar-refractivity contribution is 0.0267. The van der Waals surface area contributed by atoms with Crippen LogP contribution in [0.3, 0.4) is 0 Å². The van der Waals surface area contributed by atoms with Crippen LogP contribution in [0.1, 0.15) is 81.6 Å². The van der Waals surface area contributed by atoms with Crippen LogP contribution in [0.4, 0.5) is 0 Å². The molecule has 2 rings (SSSR count). The molecule has 0 heterocycles. The minimum absolute atomic E-state index is 0.103. The highest BCUT2D eigenvalue weighted by Crippen LogP contribution is 2.43. The van der Waals surface area contributed by atoms with E-state index in [1.807, 2.05) is 12.1 Å². The quantitative estimate of drug-likeness (QED) is 0.602. The van der Waals surface area contributed by atoms with Gasteiger partial charge in [-0.05, 0) is 48.7 Å².